The monoisotopic (exact) mass is 349 g/mol. The van der Waals surface area contributed by atoms with Gasteiger partial charge in [0.25, 0.3) is 5.91 Å². The van der Waals surface area contributed by atoms with Crippen LogP contribution in [0.4, 0.5) is 0 Å². The van der Waals surface area contributed by atoms with Crippen molar-refractivity contribution >= 4 is 5.91 Å². The van der Waals surface area contributed by atoms with E-state index >= 15 is 0 Å². The lowest BCUT2D eigenvalue weighted by Gasteiger charge is -2.21. The largest absolute Gasteiger partial charge is 0.391 e. The molecule has 5 nitrogen and oxygen atoms in total. The molecule has 1 heterocycles. The number of aryl methyl sites for hydroxylation is 1. The Balaban J connectivity index is 1.74. The summed E-state index contributed by atoms with van der Waals surface area (Å²) in [6.07, 6.45) is 4.96. The minimum atomic E-state index is -0.664. The first-order valence-corrected chi connectivity index (χ1v) is 8.66. The number of rotatable bonds is 6. The fourth-order valence-electron chi connectivity index (χ4n) is 2.87. The molecule has 0 bridgehead atoms. The average Bonchev–Trinajstić information content (AvgIpc) is 3.16. The highest BCUT2D eigenvalue weighted by Gasteiger charge is 2.20. The lowest BCUT2D eigenvalue weighted by Crippen LogP contribution is -2.42. The molecule has 2 aromatic carbocycles. The predicted octanol–water partition coefficient (Wildman–Crippen LogP) is 2.90. The summed E-state index contributed by atoms with van der Waals surface area (Å²) in [7, 11) is 0. The van der Waals surface area contributed by atoms with E-state index in [4.69, 9.17) is 0 Å². The summed E-state index contributed by atoms with van der Waals surface area (Å²) >= 11 is 0. The second-order valence-corrected chi connectivity index (χ2v) is 6.51. The van der Waals surface area contributed by atoms with Crippen LogP contribution in [0, 0.1) is 6.92 Å². The van der Waals surface area contributed by atoms with Crippen molar-refractivity contribution in [1.82, 2.24) is 14.9 Å². The van der Waals surface area contributed by atoms with E-state index in [0.29, 0.717) is 12.0 Å². The van der Waals surface area contributed by atoms with E-state index in [-0.39, 0.29) is 11.9 Å². The first-order valence-electron chi connectivity index (χ1n) is 8.66. The molecule has 0 aliphatic heterocycles. The molecule has 0 radical (unpaired) electrons. The van der Waals surface area contributed by atoms with Crippen LogP contribution in [0.5, 0.6) is 0 Å². The molecule has 0 saturated heterocycles. The van der Waals surface area contributed by atoms with Crippen LogP contribution in [-0.2, 0) is 6.42 Å². The average molecular weight is 349 g/mol. The summed E-state index contributed by atoms with van der Waals surface area (Å²) in [4.78, 5) is 16.9. The molecule has 0 aliphatic rings. The topological polar surface area (TPSA) is 67.2 Å². The number of aliphatic hydroxyl groups excluding tert-OH is 1. The van der Waals surface area contributed by atoms with Gasteiger partial charge in [-0.25, -0.2) is 4.98 Å². The molecular weight excluding hydrogens is 326 g/mol. The number of nitrogens with one attached hydrogen (secondary N) is 1. The van der Waals surface area contributed by atoms with Crippen molar-refractivity contribution in [3.05, 3.63) is 83.9 Å². The van der Waals surface area contributed by atoms with Gasteiger partial charge < -0.3 is 15.0 Å². The maximum absolute atomic E-state index is 12.8. The van der Waals surface area contributed by atoms with Gasteiger partial charge in [0.05, 0.1) is 29.7 Å². The van der Waals surface area contributed by atoms with Crippen molar-refractivity contribution in [2.24, 2.45) is 0 Å². The fourth-order valence-corrected chi connectivity index (χ4v) is 2.87. The Morgan fingerprint density at radius 1 is 1.23 bits per heavy atom. The van der Waals surface area contributed by atoms with Crippen molar-refractivity contribution in [1.29, 1.82) is 0 Å². The molecule has 5 heteroatoms. The van der Waals surface area contributed by atoms with Gasteiger partial charge in [-0.3, -0.25) is 4.79 Å². The number of benzene rings is 2. The molecule has 1 aromatic heterocycles. The van der Waals surface area contributed by atoms with Gasteiger partial charge in [0, 0.05) is 18.8 Å². The van der Waals surface area contributed by atoms with Crippen LogP contribution >= 0.6 is 0 Å². The maximum Gasteiger partial charge on any atom is 0.253 e. The third kappa shape index (κ3) is 4.18. The van der Waals surface area contributed by atoms with Crippen LogP contribution in [0.25, 0.3) is 5.69 Å². The first kappa shape index (κ1) is 17.9. The van der Waals surface area contributed by atoms with Crippen molar-refractivity contribution in [2.75, 3.05) is 0 Å². The maximum atomic E-state index is 12.8. The van der Waals surface area contributed by atoms with Gasteiger partial charge in [0.15, 0.2) is 0 Å². The molecule has 0 spiro atoms. The number of aliphatic hydroxyl groups is 1. The lowest BCUT2D eigenvalue weighted by atomic mass is 10.0. The Bertz CT molecular complexity index is 860. The van der Waals surface area contributed by atoms with Gasteiger partial charge in [-0.1, -0.05) is 42.0 Å². The van der Waals surface area contributed by atoms with Gasteiger partial charge in [-0.15, -0.1) is 0 Å². The van der Waals surface area contributed by atoms with Crippen molar-refractivity contribution in [3.63, 3.8) is 0 Å². The molecule has 0 fully saturated rings. The minimum absolute atomic E-state index is 0.211. The number of amides is 1. The smallest absolute Gasteiger partial charge is 0.253 e. The number of carbonyl (C=O) groups excluding carboxylic acids is 1. The molecule has 26 heavy (non-hydrogen) atoms. The van der Waals surface area contributed by atoms with Crippen LogP contribution in [0.15, 0.2) is 67.3 Å². The number of nitrogens with zero attached hydrogens (tertiary/aromatic N) is 2. The molecule has 0 aliphatic carbocycles. The van der Waals surface area contributed by atoms with E-state index < -0.39 is 6.10 Å². The third-order valence-corrected chi connectivity index (χ3v) is 4.40. The predicted molar refractivity (Wildman–Crippen MR) is 101 cm³/mol. The van der Waals surface area contributed by atoms with E-state index in [1.165, 1.54) is 0 Å². The van der Waals surface area contributed by atoms with E-state index in [1.807, 2.05) is 62.4 Å². The summed E-state index contributed by atoms with van der Waals surface area (Å²) in [6.45, 7) is 3.76. The zero-order valence-electron chi connectivity index (χ0n) is 15.0. The highest BCUT2D eigenvalue weighted by atomic mass is 16.3. The summed E-state index contributed by atoms with van der Waals surface area (Å²) in [6, 6.07) is 15.1. The number of aromatic nitrogens is 2. The van der Waals surface area contributed by atoms with E-state index in [9.17, 15) is 9.90 Å². The SMILES string of the molecule is Cc1ccc(-n2ccnc2)c(C(=O)NC(C)C(O)Cc2ccccc2)c1. The summed E-state index contributed by atoms with van der Waals surface area (Å²) < 4.78 is 1.80. The highest BCUT2D eigenvalue weighted by Crippen LogP contribution is 2.17. The minimum Gasteiger partial charge on any atom is -0.391 e. The zero-order valence-corrected chi connectivity index (χ0v) is 15.0. The van der Waals surface area contributed by atoms with Crippen molar-refractivity contribution < 1.29 is 9.90 Å². The van der Waals surface area contributed by atoms with Crippen LogP contribution in [0.3, 0.4) is 0 Å². The number of hydrogen-bond acceptors (Lipinski definition) is 3. The van der Waals surface area contributed by atoms with E-state index in [0.717, 1.165) is 16.8 Å². The second-order valence-electron chi connectivity index (χ2n) is 6.51. The van der Waals surface area contributed by atoms with Crippen LogP contribution < -0.4 is 5.32 Å². The van der Waals surface area contributed by atoms with Gasteiger partial charge in [-0.05, 0) is 31.5 Å². The highest BCUT2D eigenvalue weighted by molar-refractivity contribution is 5.98. The Kier molecular flexibility index (Phi) is 5.49. The van der Waals surface area contributed by atoms with Crippen LogP contribution in [0.1, 0.15) is 28.4 Å². The molecule has 2 N–H and O–H groups in total. The lowest BCUT2D eigenvalue weighted by molar-refractivity contribution is 0.0851. The number of carbonyl (C=O) groups is 1. The first-order chi connectivity index (χ1) is 12.5. The molecule has 2 atom stereocenters. The molecule has 2 unspecified atom stereocenters. The standard InChI is InChI=1S/C21H23N3O2/c1-15-8-9-19(24-11-10-22-14-24)18(12-15)21(26)23-16(2)20(25)13-17-6-4-3-5-7-17/h3-12,14,16,20,25H,13H2,1-2H3,(H,23,26). The van der Waals surface area contributed by atoms with E-state index in [1.54, 1.807) is 23.3 Å². The molecule has 3 aromatic rings. The molecule has 1 amide bonds. The Morgan fingerprint density at radius 3 is 2.69 bits per heavy atom. The van der Waals surface area contributed by atoms with Crippen molar-refractivity contribution in [3.8, 4) is 5.69 Å². The Hall–Kier alpha value is -2.92. The molecule has 0 saturated carbocycles. The van der Waals surface area contributed by atoms with Gasteiger partial charge in [0.2, 0.25) is 0 Å². The summed E-state index contributed by atoms with van der Waals surface area (Å²) in [5, 5.41) is 13.4. The van der Waals surface area contributed by atoms with Crippen LogP contribution in [-0.4, -0.2) is 32.7 Å². The molecule has 3 rings (SSSR count). The fraction of sp³-hybridized carbons (Fsp3) is 0.238. The van der Waals surface area contributed by atoms with Gasteiger partial charge in [0.1, 0.15) is 0 Å². The summed E-state index contributed by atoms with van der Waals surface area (Å²) in [5.74, 6) is -0.211. The van der Waals surface area contributed by atoms with Crippen molar-refractivity contribution in [2.45, 2.75) is 32.4 Å². The Morgan fingerprint density at radius 2 is 2.00 bits per heavy atom. The quantitative estimate of drug-likeness (QED) is 0.719. The summed E-state index contributed by atoms with van der Waals surface area (Å²) in [5.41, 5.74) is 3.35. The molecular formula is C21H23N3O2. The van der Waals surface area contributed by atoms with Gasteiger partial charge in [-0.2, -0.15) is 0 Å². The Labute approximate surface area is 153 Å². The zero-order chi connectivity index (χ0) is 18.5. The van der Waals surface area contributed by atoms with Gasteiger partial charge >= 0.3 is 0 Å². The number of hydrogen-bond donors (Lipinski definition) is 2. The van der Waals surface area contributed by atoms with Crippen LogP contribution in [0.2, 0.25) is 0 Å². The number of imidazole rings is 1. The van der Waals surface area contributed by atoms with E-state index in [2.05, 4.69) is 10.3 Å². The third-order valence-electron chi connectivity index (χ3n) is 4.40. The molecule has 134 valence electrons. The second kappa shape index (κ2) is 7.97. The normalized spacial score (nSPS) is 13.2.